The lowest BCUT2D eigenvalue weighted by atomic mass is 10.0. The van der Waals surface area contributed by atoms with Crippen molar-refractivity contribution in [3.8, 4) is 11.1 Å². The van der Waals surface area contributed by atoms with Gasteiger partial charge in [0.05, 0.1) is 18.7 Å². The Kier molecular flexibility index (Phi) is 4.03. The van der Waals surface area contributed by atoms with Gasteiger partial charge in [-0.3, -0.25) is 10.00 Å². The molecule has 7 nitrogen and oxygen atoms in total. The Morgan fingerprint density at radius 2 is 2.00 bits per heavy atom. The summed E-state index contributed by atoms with van der Waals surface area (Å²) in [6.45, 7) is 4.71. The van der Waals surface area contributed by atoms with E-state index >= 15 is 0 Å². The second kappa shape index (κ2) is 6.68. The highest BCUT2D eigenvalue weighted by atomic mass is 16.5. The number of hydrogen-bond donors (Lipinski definition) is 3. The van der Waals surface area contributed by atoms with Crippen molar-refractivity contribution in [1.29, 1.82) is 0 Å². The average molecular weight is 362 g/mol. The minimum Gasteiger partial charge on any atom is -0.382 e. The van der Waals surface area contributed by atoms with Gasteiger partial charge in [0.1, 0.15) is 5.65 Å². The van der Waals surface area contributed by atoms with Gasteiger partial charge < -0.3 is 15.5 Å². The normalized spacial score (nSPS) is 15.7. The molecule has 1 aliphatic heterocycles. The Hall–Kier alpha value is -2.90. The number of nitrogens with zero attached hydrogens (tertiary/aromatic N) is 3. The first-order chi connectivity index (χ1) is 13.3. The molecule has 0 aliphatic carbocycles. The number of hydrogen-bond acceptors (Lipinski definition) is 5. The number of nitrogens with one attached hydrogen (secondary N) is 2. The van der Waals surface area contributed by atoms with Gasteiger partial charge in [-0.05, 0) is 35.4 Å². The van der Waals surface area contributed by atoms with Crippen molar-refractivity contribution < 1.29 is 4.74 Å². The molecule has 0 unspecified atom stereocenters. The monoisotopic (exact) mass is 362 g/mol. The van der Waals surface area contributed by atoms with Crippen LogP contribution in [0.15, 0.2) is 36.5 Å². The topological polar surface area (TPSA) is 95.8 Å². The third kappa shape index (κ3) is 3.05. The lowest BCUT2D eigenvalue weighted by Crippen LogP contribution is -2.37. The number of pyridine rings is 1. The SMILES string of the molecule is Nc1n[nH]c2ccc(-c3ccnc4[nH]c(CCN5CCOCC5)cc34)cc12. The minimum absolute atomic E-state index is 0.525. The van der Waals surface area contributed by atoms with E-state index in [1.807, 2.05) is 12.3 Å². The first-order valence-corrected chi connectivity index (χ1v) is 9.28. The van der Waals surface area contributed by atoms with E-state index < -0.39 is 0 Å². The molecule has 0 saturated carbocycles. The largest absolute Gasteiger partial charge is 0.382 e. The molecule has 1 saturated heterocycles. The maximum Gasteiger partial charge on any atom is 0.153 e. The lowest BCUT2D eigenvalue weighted by molar-refractivity contribution is 0.0383. The van der Waals surface area contributed by atoms with E-state index in [1.54, 1.807) is 0 Å². The third-order valence-corrected chi connectivity index (χ3v) is 5.29. The van der Waals surface area contributed by atoms with Gasteiger partial charge in [0, 0.05) is 48.7 Å². The number of nitrogen functional groups attached to an aromatic ring is 1. The van der Waals surface area contributed by atoms with Crippen LogP contribution in [0.25, 0.3) is 33.1 Å². The quantitative estimate of drug-likeness (QED) is 0.518. The fourth-order valence-electron chi connectivity index (χ4n) is 3.77. The molecular weight excluding hydrogens is 340 g/mol. The fourth-order valence-corrected chi connectivity index (χ4v) is 3.77. The van der Waals surface area contributed by atoms with Crippen LogP contribution in [0.5, 0.6) is 0 Å². The van der Waals surface area contributed by atoms with Gasteiger partial charge in [0.25, 0.3) is 0 Å². The number of benzene rings is 1. The van der Waals surface area contributed by atoms with E-state index in [4.69, 9.17) is 10.5 Å². The molecule has 0 amide bonds. The van der Waals surface area contributed by atoms with Crippen LogP contribution < -0.4 is 5.73 Å². The Balaban J connectivity index is 1.47. The van der Waals surface area contributed by atoms with E-state index in [2.05, 4.69) is 49.3 Å². The molecule has 27 heavy (non-hydrogen) atoms. The summed E-state index contributed by atoms with van der Waals surface area (Å²) in [5.41, 5.74) is 11.3. The molecule has 3 aromatic heterocycles. The Morgan fingerprint density at radius 1 is 1.11 bits per heavy atom. The molecule has 0 radical (unpaired) electrons. The Bertz CT molecular complexity index is 1090. The maximum absolute atomic E-state index is 5.98. The van der Waals surface area contributed by atoms with Crippen molar-refractivity contribution in [2.75, 3.05) is 38.6 Å². The zero-order valence-electron chi connectivity index (χ0n) is 15.0. The van der Waals surface area contributed by atoms with Crippen LogP contribution >= 0.6 is 0 Å². The number of anilines is 1. The third-order valence-electron chi connectivity index (χ3n) is 5.29. The van der Waals surface area contributed by atoms with Gasteiger partial charge in [0.15, 0.2) is 5.82 Å². The molecule has 4 heterocycles. The van der Waals surface area contributed by atoms with Crippen molar-refractivity contribution in [2.24, 2.45) is 0 Å². The van der Waals surface area contributed by atoms with Crippen LogP contribution in [0.1, 0.15) is 5.69 Å². The van der Waals surface area contributed by atoms with Gasteiger partial charge >= 0.3 is 0 Å². The number of fused-ring (bicyclic) bond motifs is 2. The van der Waals surface area contributed by atoms with Crippen molar-refractivity contribution in [1.82, 2.24) is 25.1 Å². The molecular formula is C20H22N6O. The molecule has 0 spiro atoms. The van der Waals surface area contributed by atoms with E-state index in [0.29, 0.717) is 5.82 Å². The van der Waals surface area contributed by atoms with Gasteiger partial charge in [0.2, 0.25) is 0 Å². The van der Waals surface area contributed by atoms with Crippen LogP contribution in [-0.4, -0.2) is 57.9 Å². The van der Waals surface area contributed by atoms with Crippen molar-refractivity contribution in [3.63, 3.8) is 0 Å². The molecule has 0 bridgehead atoms. The lowest BCUT2D eigenvalue weighted by Gasteiger charge is -2.26. The molecule has 138 valence electrons. The molecule has 1 fully saturated rings. The smallest absolute Gasteiger partial charge is 0.153 e. The maximum atomic E-state index is 5.98. The van der Waals surface area contributed by atoms with E-state index in [9.17, 15) is 0 Å². The Labute approximate surface area is 156 Å². The molecule has 4 aromatic rings. The van der Waals surface area contributed by atoms with Crippen molar-refractivity contribution >= 4 is 27.8 Å². The summed E-state index contributed by atoms with van der Waals surface area (Å²) in [6.07, 6.45) is 2.83. The molecule has 5 rings (SSSR count). The van der Waals surface area contributed by atoms with E-state index in [-0.39, 0.29) is 0 Å². The van der Waals surface area contributed by atoms with Crippen LogP contribution in [0.2, 0.25) is 0 Å². The summed E-state index contributed by atoms with van der Waals surface area (Å²) in [5, 5.41) is 9.12. The van der Waals surface area contributed by atoms with Crippen LogP contribution in [0.3, 0.4) is 0 Å². The van der Waals surface area contributed by atoms with Crippen LogP contribution in [0.4, 0.5) is 5.82 Å². The van der Waals surface area contributed by atoms with E-state index in [0.717, 1.165) is 72.3 Å². The summed E-state index contributed by atoms with van der Waals surface area (Å²) < 4.78 is 5.42. The molecule has 4 N–H and O–H groups in total. The number of rotatable bonds is 4. The Morgan fingerprint density at radius 3 is 2.89 bits per heavy atom. The molecule has 7 heteroatoms. The molecule has 1 aromatic carbocycles. The van der Waals surface area contributed by atoms with Gasteiger partial charge in [-0.2, -0.15) is 5.10 Å². The van der Waals surface area contributed by atoms with Crippen LogP contribution in [-0.2, 0) is 11.2 Å². The highest BCUT2D eigenvalue weighted by Gasteiger charge is 2.13. The molecule has 0 atom stereocenters. The van der Waals surface area contributed by atoms with Crippen molar-refractivity contribution in [3.05, 3.63) is 42.2 Å². The minimum atomic E-state index is 0.525. The zero-order valence-corrected chi connectivity index (χ0v) is 15.0. The second-order valence-corrected chi connectivity index (χ2v) is 6.99. The number of morpholine rings is 1. The second-order valence-electron chi connectivity index (χ2n) is 6.99. The van der Waals surface area contributed by atoms with Gasteiger partial charge in [-0.15, -0.1) is 0 Å². The number of ether oxygens (including phenoxy) is 1. The number of nitrogens with two attached hydrogens (primary N) is 1. The number of aromatic amines is 2. The van der Waals surface area contributed by atoms with Gasteiger partial charge in [-0.1, -0.05) is 6.07 Å². The van der Waals surface area contributed by atoms with Gasteiger partial charge in [-0.25, -0.2) is 4.98 Å². The summed E-state index contributed by atoms with van der Waals surface area (Å²) in [4.78, 5) is 10.4. The number of H-pyrrole nitrogens is 2. The summed E-state index contributed by atoms with van der Waals surface area (Å²) in [6, 6.07) is 10.5. The summed E-state index contributed by atoms with van der Waals surface area (Å²) in [7, 11) is 0. The summed E-state index contributed by atoms with van der Waals surface area (Å²) >= 11 is 0. The first-order valence-electron chi connectivity index (χ1n) is 9.28. The zero-order chi connectivity index (χ0) is 18.2. The van der Waals surface area contributed by atoms with Crippen LogP contribution in [0, 0.1) is 0 Å². The average Bonchev–Trinajstić information content (AvgIpc) is 3.30. The predicted octanol–water partition coefficient (Wildman–Crippen LogP) is 2.56. The highest BCUT2D eigenvalue weighted by molar-refractivity contribution is 5.98. The highest BCUT2D eigenvalue weighted by Crippen LogP contribution is 2.31. The predicted molar refractivity (Wildman–Crippen MR) is 107 cm³/mol. The summed E-state index contributed by atoms with van der Waals surface area (Å²) in [5.74, 6) is 0.525. The van der Waals surface area contributed by atoms with Crippen molar-refractivity contribution in [2.45, 2.75) is 6.42 Å². The molecule has 1 aliphatic rings. The fraction of sp³-hybridized carbons (Fsp3) is 0.300. The van der Waals surface area contributed by atoms with E-state index in [1.165, 1.54) is 5.69 Å². The first kappa shape index (κ1) is 16.3. The number of aromatic nitrogens is 4. The standard InChI is InChI=1S/C20H22N6O/c21-19-17-11-13(1-2-18(17)24-25-19)15-3-5-22-20-16(15)12-14(23-20)4-6-26-7-9-27-10-8-26/h1-3,5,11-12H,4,6-10H2,(H,22,23)(H3,21,24,25).